The number of fused-ring (bicyclic) bond motifs is 5. The van der Waals surface area contributed by atoms with Crippen molar-refractivity contribution in [3.8, 4) is 5.75 Å². The number of nitrogens with one attached hydrogen (secondary N) is 1. The van der Waals surface area contributed by atoms with E-state index < -0.39 is 0 Å². The van der Waals surface area contributed by atoms with E-state index in [4.69, 9.17) is 4.74 Å². The number of benzene rings is 1. The van der Waals surface area contributed by atoms with Crippen LogP contribution in [-0.4, -0.2) is 35.9 Å². The van der Waals surface area contributed by atoms with E-state index in [0.717, 1.165) is 30.8 Å². The average Bonchev–Trinajstić information content (AvgIpc) is 2.85. The minimum absolute atomic E-state index is 0.171. The largest absolute Gasteiger partial charge is 0.497 e. The van der Waals surface area contributed by atoms with Crippen molar-refractivity contribution in [1.82, 2.24) is 9.88 Å². The van der Waals surface area contributed by atoms with Gasteiger partial charge in [0.15, 0.2) is 0 Å². The van der Waals surface area contributed by atoms with Gasteiger partial charge in [0, 0.05) is 48.6 Å². The van der Waals surface area contributed by atoms with Crippen molar-refractivity contribution >= 4 is 16.7 Å². The van der Waals surface area contributed by atoms with Gasteiger partial charge < -0.3 is 9.72 Å². The third kappa shape index (κ3) is 1.75. The smallest absolute Gasteiger partial charge is 0.136 e. The zero-order valence-corrected chi connectivity index (χ0v) is 12.5. The summed E-state index contributed by atoms with van der Waals surface area (Å²) in [7, 11) is 1.69. The molecule has 1 atom stereocenters. The van der Waals surface area contributed by atoms with Crippen molar-refractivity contribution in [1.29, 1.82) is 0 Å². The Morgan fingerprint density at radius 1 is 1.29 bits per heavy atom. The molecule has 0 amide bonds. The first-order chi connectivity index (χ1) is 10.1. The van der Waals surface area contributed by atoms with Gasteiger partial charge in [-0.05, 0) is 31.0 Å². The molecule has 0 aliphatic carbocycles. The molecule has 4 rings (SSSR count). The van der Waals surface area contributed by atoms with Gasteiger partial charge in [0.1, 0.15) is 11.5 Å². The van der Waals surface area contributed by atoms with Gasteiger partial charge in [-0.25, -0.2) is 0 Å². The van der Waals surface area contributed by atoms with Crippen LogP contribution in [0.25, 0.3) is 10.9 Å². The molecule has 0 saturated carbocycles. The number of H-pyrrole nitrogens is 1. The van der Waals surface area contributed by atoms with Crippen molar-refractivity contribution in [3.63, 3.8) is 0 Å². The highest BCUT2D eigenvalue weighted by Crippen LogP contribution is 2.43. The Morgan fingerprint density at radius 2 is 2.10 bits per heavy atom. The van der Waals surface area contributed by atoms with Gasteiger partial charge in [-0.15, -0.1) is 0 Å². The van der Waals surface area contributed by atoms with Crippen LogP contribution >= 0.6 is 0 Å². The van der Waals surface area contributed by atoms with E-state index in [1.807, 2.05) is 12.1 Å². The molecule has 2 aliphatic heterocycles. The van der Waals surface area contributed by atoms with Crippen LogP contribution in [0.15, 0.2) is 18.2 Å². The number of Topliss-reactive ketones (excluding diaryl/α,β-unsaturated/α-hetero) is 1. The van der Waals surface area contributed by atoms with Gasteiger partial charge >= 0.3 is 0 Å². The molecule has 1 aromatic carbocycles. The summed E-state index contributed by atoms with van der Waals surface area (Å²) in [5.41, 5.74) is 3.54. The van der Waals surface area contributed by atoms with Crippen molar-refractivity contribution in [3.05, 3.63) is 29.5 Å². The molecule has 1 saturated heterocycles. The van der Waals surface area contributed by atoms with E-state index in [1.54, 1.807) is 7.11 Å². The minimum atomic E-state index is -0.171. The van der Waals surface area contributed by atoms with Gasteiger partial charge in [0.2, 0.25) is 0 Å². The lowest BCUT2D eigenvalue weighted by atomic mass is 9.79. The number of piperidine rings is 1. The van der Waals surface area contributed by atoms with E-state index in [0.29, 0.717) is 18.6 Å². The highest BCUT2D eigenvalue weighted by molar-refractivity contribution is 5.88. The Bertz CT molecular complexity index is 734. The Kier molecular flexibility index (Phi) is 2.67. The summed E-state index contributed by atoms with van der Waals surface area (Å²) in [6, 6.07) is 6.19. The highest BCUT2D eigenvalue weighted by Gasteiger charge is 2.44. The third-order valence-corrected chi connectivity index (χ3v) is 5.18. The second-order valence-corrected chi connectivity index (χ2v) is 6.37. The van der Waals surface area contributed by atoms with Crippen LogP contribution in [0.5, 0.6) is 5.75 Å². The van der Waals surface area contributed by atoms with Crippen LogP contribution in [0.1, 0.15) is 31.0 Å². The van der Waals surface area contributed by atoms with E-state index in [-0.39, 0.29) is 5.54 Å². The molecule has 0 spiro atoms. The Labute approximate surface area is 124 Å². The van der Waals surface area contributed by atoms with Gasteiger partial charge in [0.25, 0.3) is 0 Å². The lowest BCUT2D eigenvalue weighted by Crippen LogP contribution is -2.53. The Hall–Kier alpha value is -1.81. The average molecular weight is 284 g/mol. The van der Waals surface area contributed by atoms with Gasteiger partial charge in [0.05, 0.1) is 12.6 Å². The highest BCUT2D eigenvalue weighted by atomic mass is 16.5. The van der Waals surface area contributed by atoms with E-state index in [2.05, 4.69) is 22.9 Å². The van der Waals surface area contributed by atoms with Crippen molar-refractivity contribution < 1.29 is 9.53 Å². The molecule has 0 bridgehead atoms. The van der Waals surface area contributed by atoms with Crippen LogP contribution in [0.3, 0.4) is 0 Å². The van der Waals surface area contributed by atoms with Crippen molar-refractivity contribution in [2.75, 3.05) is 20.2 Å². The number of carbonyl (C=O) groups is 1. The van der Waals surface area contributed by atoms with E-state index in [1.165, 1.54) is 16.6 Å². The Morgan fingerprint density at radius 3 is 2.90 bits per heavy atom. The first-order valence-corrected chi connectivity index (χ1v) is 7.57. The molecule has 3 heterocycles. The number of methoxy groups -OCH3 is 1. The fourth-order valence-corrected chi connectivity index (χ4v) is 4.02. The standard InChI is InChI=1S/C17H20N2O2/c1-17-10-11(20)5-7-19(17)8-6-14-13-4-3-12(21-2)9-15(13)18-16(14)17/h3-4,9,18H,5-8,10H2,1-2H3. The number of ether oxygens (including phenoxy) is 1. The molecule has 4 nitrogen and oxygen atoms in total. The summed E-state index contributed by atoms with van der Waals surface area (Å²) in [4.78, 5) is 18.0. The van der Waals surface area contributed by atoms with E-state index >= 15 is 0 Å². The molecule has 1 aromatic heterocycles. The minimum Gasteiger partial charge on any atom is -0.497 e. The molecule has 1 N–H and O–H groups in total. The molecule has 2 aliphatic rings. The second-order valence-electron chi connectivity index (χ2n) is 6.37. The van der Waals surface area contributed by atoms with E-state index in [9.17, 15) is 4.79 Å². The van der Waals surface area contributed by atoms with Gasteiger partial charge in [-0.3, -0.25) is 9.69 Å². The number of hydrogen-bond acceptors (Lipinski definition) is 3. The molecule has 110 valence electrons. The number of carbonyl (C=O) groups excluding carboxylic acids is 1. The van der Waals surface area contributed by atoms with Crippen LogP contribution in [0.4, 0.5) is 0 Å². The zero-order chi connectivity index (χ0) is 14.6. The number of aromatic amines is 1. The zero-order valence-electron chi connectivity index (χ0n) is 12.5. The van der Waals surface area contributed by atoms with Gasteiger partial charge in [-0.1, -0.05) is 0 Å². The molecule has 4 heteroatoms. The van der Waals surface area contributed by atoms with Crippen LogP contribution in [0.2, 0.25) is 0 Å². The molecular weight excluding hydrogens is 264 g/mol. The third-order valence-electron chi connectivity index (χ3n) is 5.18. The Balaban J connectivity index is 1.91. The number of rotatable bonds is 1. The second kappa shape index (κ2) is 4.34. The summed E-state index contributed by atoms with van der Waals surface area (Å²) in [5, 5.41) is 1.27. The lowest BCUT2D eigenvalue weighted by molar-refractivity contribution is -0.127. The predicted octanol–water partition coefficient (Wildman–Crippen LogP) is 2.61. The monoisotopic (exact) mass is 284 g/mol. The molecular formula is C17H20N2O2. The van der Waals surface area contributed by atoms with Crippen LogP contribution in [0, 0.1) is 0 Å². The summed E-state index contributed by atoms with van der Waals surface area (Å²) in [5.74, 6) is 1.24. The number of hydrogen-bond donors (Lipinski definition) is 1. The maximum absolute atomic E-state index is 12.0. The molecule has 0 radical (unpaired) electrons. The topological polar surface area (TPSA) is 45.3 Å². The quantitative estimate of drug-likeness (QED) is 0.875. The fourth-order valence-electron chi connectivity index (χ4n) is 4.02. The summed E-state index contributed by atoms with van der Waals surface area (Å²) in [6.45, 7) is 4.12. The van der Waals surface area contributed by atoms with Crippen molar-refractivity contribution in [2.24, 2.45) is 0 Å². The summed E-state index contributed by atoms with van der Waals surface area (Å²) >= 11 is 0. The van der Waals surface area contributed by atoms with Crippen molar-refractivity contribution in [2.45, 2.75) is 31.7 Å². The predicted molar refractivity (Wildman–Crippen MR) is 81.7 cm³/mol. The fraction of sp³-hybridized carbons (Fsp3) is 0.471. The van der Waals surface area contributed by atoms with Gasteiger partial charge in [-0.2, -0.15) is 0 Å². The molecule has 2 aromatic rings. The maximum Gasteiger partial charge on any atom is 0.136 e. The summed E-state index contributed by atoms with van der Waals surface area (Å²) < 4.78 is 5.32. The first kappa shape index (κ1) is 12.9. The number of aromatic nitrogens is 1. The normalized spacial score (nSPS) is 25.7. The molecule has 1 fully saturated rings. The van der Waals surface area contributed by atoms with Crippen LogP contribution in [-0.2, 0) is 16.8 Å². The molecule has 1 unspecified atom stereocenters. The molecule has 21 heavy (non-hydrogen) atoms. The maximum atomic E-state index is 12.0. The van der Waals surface area contributed by atoms with Crippen LogP contribution < -0.4 is 4.74 Å². The number of nitrogens with zero attached hydrogens (tertiary/aromatic N) is 1. The lowest BCUT2D eigenvalue weighted by Gasteiger charge is -2.47. The summed E-state index contributed by atoms with van der Waals surface area (Å²) in [6.07, 6.45) is 2.36. The number of ketones is 1. The SMILES string of the molecule is COc1ccc2c3c([nH]c2c1)C1(C)CC(=O)CCN1CC3. The first-order valence-electron chi connectivity index (χ1n) is 7.57.